The lowest BCUT2D eigenvalue weighted by Crippen LogP contribution is -2.11. The molecule has 0 radical (unpaired) electrons. The fourth-order valence-corrected chi connectivity index (χ4v) is 8.02. The van der Waals surface area contributed by atoms with Gasteiger partial charge in [-0.15, -0.1) is 11.3 Å². The molecule has 1 heterocycles. The average molecular weight is 630 g/mol. The number of benzene rings is 8. The lowest BCUT2D eigenvalue weighted by atomic mass is 9.96. The minimum atomic E-state index is 1.12. The summed E-state index contributed by atoms with van der Waals surface area (Å²) in [6.45, 7) is 0. The van der Waals surface area contributed by atoms with Crippen LogP contribution in [0, 0.1) is 0 Å². The third kappa shape index (κ3) is 5.04. The third-order valence-electron chi connectivity index (χ3n) is 9.29. The summed E-state index contributed by atoms with van der Waals surface area (Å²) in [6, 6.07) is 68.1. The third-order valence-corrected chi connectivity index (χ3v) is 10.4. The van der Waals surface area contributed by atoms with Crippen LogP contribution in [0.2, 0.25) is 0 Å². The first-order valence-corrected chi connectivity index (χ1v) is 17.2. The van der Waals surface area contributed by atoms with Crippen molar-refractivity contribution >= 4 is 59.3 Å². The summed E-state index contributed by atoms with van der Waals surface area (Å²) in [4.78, 5) is 2.37. The largest absolute Gasteiger partial charge is 0.310 e. The number of hydrogen-bond acceptors (Lipinski definition) is 2. The molecule has 8 aromatic carbocycles. The molecule has 0 saturated heterocycles. The maximum absolute atomic E-state index is 2.37. The molecule has 0 spiro atoms. The number of hydrogen-bond donors (Lipinski definition) is 0. The topological polar surface area (TPSA) is 3.24 Å². The Morgan fingerprint density at radius 3 is 1.73 bits per heavy atom. The highest BCUT2D eigenvalue weighted by Gasteiger charge is 2.18. The van der Waals surface area contributed by atoms with E-state index < -0.39 is 0 Å². The Balaban J connectivity index is 1.09. The van der Waals surface area contributed by atoms with E-state index in [0.717, 1.165) is 17.1 Å². The summed E-state index contributed by atoms with van der Waals surface area (Å²) in [7, 11) is 0. The summed E-state index contributed by atoms with van der Waals surface area (Å²) in [5, 5.41) is 5.17. The van der Waals surface area contributed by atoms with Gasteiger partial charge in [-0.25, -0.2) is 0 Å². The van der Waals surface area contributed by atoms with E-state index in [0.29, 0.717) is 0 Å². The van der Waals surface area contributed by atoms with E-state index in [2.05, 4.69) is 193 Å². The predicted octanol–water partition coefficient (Wildman–Crippen LogP) is 13.7. The zero-order valence-electron chi connectivity index (χ0n) is 26.3. The zero-order chi connectivity index (χ0) is 31.9. The second-order valence-corrected chi connectivity index (χ2v) is 13.2. The van der Waals surface area contributed by atoms with Crippen LogP contribution in [-0.2, 0) is 0 Å². The Bertz CT molecular complexity index is 2540. The molecule has 0 N–H and O–H groups in total. The van der Waals surface area contributed by atoms with Gasteiger partial charge in [0.05, 0.1) is 5.69 Å². The first kappa shape index (κ1) is 28.3. The molecule has 0 aliphatic carbocycles. The first-order chi connectivity index (χ1) is 23.8. The second kappa shape index (κ2) is 12.0. The maximum Gasteiger partial charge on any atom is 0.0540 e. The Morgan fingerprint density at radius 1 is 0.333 bits per heavy atom. The Labute approximate surface area is 284 Å². The van der Waals surface area contributed by atoms with E-state index >= 15 is 0 Å². The van der Waals surface area contributed by atoms with Crippen LogP contribution in [0.5, 0.6) is 0 Å². The minimum Gasteiger partial charge on any atom is -0.310 e. The van der Waals surface area contributed by atoms with E-state index in [9.17, 15) is 0 Å². The van der Waals surface area contributed by atoms with Crippen molar-refractivity contribution in [2.24, 2.45) is 0 Å². The number of thiophene rings is 1. The van der Waals surface area contributed by atoms with Crippen LogP contribution in [0.15, 0.2) is 188 Å². The second-order valence-electron chi connectivity index (χ2n) is 12.1. The highest BCUT2D eigenvalue weighted by Crippen LogP contribution is 2.43. The molecule has 0 unspecified atom stereocenters. The fraction of sp³-hybridized carbons (Fsp3) is 0. The molecule has 0 fully saturated rings. The molecule has 0 amide bonds. The summed E-state index contributed by atoms with van der Waals surface area (Å²) >= 11 is 1.86. The average Bonchev–Trinajstić information content (AvgIpc) is 3.54. The molecule has 0 saturated carbocycles. The SMILES string of the molecule is c1ccc(N(c2ccc(-c3ccc(-c4cccc5ccccc45)cc3)cc2)c2ccccc2-c2ccc3sc4ccccc4c3c2)cc1. The van der Waals surface area contributed by atoms with Gasteiger partial charge in [0.25, 0.3) is 0 Å². The van der Waals surface area contributed by atoms with Crippen LogP contribution in [0.25, 0.3) is 64.3 Å². The Morgan fingerprint density at radius 2 is 0.896 bits per heavy atom. The van der Waals surface area contributed by atoms with Crippen molar-refractivity contribution in [1.29, 1.82) is 0 Å². The molecule has 0 atom stereocenters. The van der Waals surface area contributed by atoms with Crippen molar-refractivity contribution in [1.82, 2.24) is 0 Å². The Kier molecular flexibility index (Phi) is 7.07. The van der Waals surface area contributed by atoms with Crippen LogP contribution in [0.1, 0.15) is 0 Å². The fourth-order valence-electron chi connectivity index (χ4n) is 6.93. The van der Waals surface area contributed by atoms with Crippen molar-refractivity contribution in [2.45, 2.75) is 0 Å². The summed E-state index contributed by atoms with van der Waals surface area (Å²) in [6.07, 6.45) is 0. The van der Waals surface area contributed by atoms with E-state index in [4.69, 9.17) is 0 Å². The van der Waals surface area contributed by atoms with Crippen LogP contribution in [-0.4, -0.2) is 0 Å². The zero-order valence-corrected chi connectivity index (χ0v) is 27.1. The summed E-state index contributed by atoms with van der Waals surface area (Å²) in [5.74, 6) is 0. The highest BCUT2D eigenvalue weighted by atomic mass is 32.1. The maximum atomic E-state index is 2.37. The molecular formula is C46H31NS. The molecule has 0 aliphatic heterocycles. The van der Waals surface area contributed by atoms with Crippen LogP contribution in [0.3, 0.4) is 0 Å². The number of rotatable bonds is 6. The smallest absolute Gasteiger partial charge is 0.0540 e. The summed E-state index contributed by atoms with van der Waals surface area (Å²) in [5.41, 5.74) is 10.7. The molecule has 48 heavy (non-hydrogen) atoms. The lowest BCUT2D eigenvalue weighted by Gasteiger charge is -2.28. The van der Waals surface area contributed by atoms with Gasteiger partial charge in [-0.2, -0.15) is 0 Å². The molecule has 1 aromatic heterocycles. The van der Waals surface area contributed by atoms with Gasteiger partial charge in [0, 0.05) is 37.1 Å². The molecule has 2 heteroatoms. The number of anilines is 3. The number of fused-ring (bicyclic) bond motifs is 4. The van der Waals surface area contributed by atoms with Gasteiger partial charge in [0.2, 0.25) is 0 Å². The van der Waals surface area contributed by atoms with Gasteiger partial charge >= 0.3 is 0 Å². The lowest BCUT2D eigenvalue weighted by molar-refractivity contribution is 1.28. The molecular weight excluding hydrogens is 599 g/mol. The molecule has 226 valence electrons. The van der Waals surface area contributed by atoms with Gasteiger partial charge in [0.15, 0.2) is 0 Å². The monoisotopic (exact) mass is 629 g/mol. The molecule has 0 aliphatic rings. The molecule has 1 nitrogen and oxygen atoms in total. The van der Waals surface area contributed by atoms with Crippen LogP contribution < -0.4 is 4.90 Å². The van der Waals surface area contributed by atoms with Crippen molar-refractivity contribution in [2.75, 3.05) is 4.90 Å². The van der Waals surface area contributed by atoms with Crippen molar-refractivity contribution in [3.63, 3.8) is 0 Å². The first-order valence-electron chi connectivity index (χ1n) is 16.3. The predicted molar refractivity (Wildman–Crippen MR) is 208 cm³/mol. The number of para-hydroxylation sites is 2. The Hall–Kier alpha value is -5.96. The standard InChI is InChI=1S/C46H31NS/c1-2-13-37(14-3-1)47(44-19-8-6-16-41(44)36-27-30-46-43(31-36)42-17-7-9-20-45(42)48-46)38-28-25-33(26-29-38)32-21-23-35(24-22-32)40-18-10-12-34-11-4-5-15-39(34)40/h1-31H. The van der Waals surface area contributed by atoms with Crippen molar-refractivity contribution < 1.29 is 0 Å². The van der Waals surface area contributed by atoms with E-state index in [1.54, 1.807) is 0 Å². The van der Waals surface area contributed by atoms with E-state index in [-0.39, 0.29) is 0 Å². The normalized spacial score (nSPS) is 11.3. The summed E-state index contributed by atoms with van der Waals surface area (Å²) < 4.78 is 2.64. The van der Waals surface area contributed by atoms with Gasteiger partial charge < -0.3 is 4.90 Å². The van der Waals surface area contributed by atoms with Crippen LogP contribution in [0.4, 0.5) is 17.1 Å². The van der Waals surface area contributed by atoms with Gasteiger partial charge in [-0.1, -0.05) is 140 Å². The van der Waals surface area contributed by atoms with Crippen LogP contribution >= 0.6 is 11.3 Å². The van der Waals surface area contributed by atoms with E-state index in [1.807, 2.05) is 11.3 Å². The molecule has 9 rings (SSSR count). The highest BCUT2D eigenvalue weighted by molar-refractivity contribution is 7.25. The van der Waals surface area contributed by atoms with Gasteiger partial charge in [0.1, 0.15) is 0 Å². The molecule has 0 bridgehead atoms. The minimum absolute atomic E-state index is 1.12. The molecule has 9 aromatic rings. The van der Waals surface area contributed by atoms with Crippen molar-refractivity contribution in [3.05, 3.63) is 188 Å². The van der Waals surface area contributed by atoms with Crippen molar-refractivity contribution in [3.8, 4) is 33.4 Å². The quantitative estimate of drug-likeness (QED) is 0.177. The van der Waals surface area contributed by atoms with E-state index in [1.165, 1.54) is 64.3 Å². The van der Waals surface area contributed by atoms with Gasteiger partial charge in [-0.05, 0) is 87.1 Å². The van der Waals surface area contributed by atoms with Gasteiger partial charge in [-0.3, -0.25) is 0 Å². The number of nitrogens with zero attached hydrogens (tertiary/aromatic N) is 1.